The summed E-state index contributed by atoms with van der Waals surface area (Å²) >= 11 is 0. The van der Waals surface area contributed by atoms with E-state index in [0.717, 1.165) is 16.7 Å². The third kappa shape index (κ3) is 5.28. The zero-order valence-electron chi connectivity index (χ0n) is 21.4. The van der Waals surface area contributed by atoms with Gasteiger partial charge in [0, 0.05) is 51.4 Å². The maximum absolute atomic E-state index is 11.7. The Bertz CT molecular complexity index is 1180. The summed E-state index contributed by atoms with van der Waals surface area (Å²) in [6.07, 6.45) is 2.03. The molecule has 0 unspecified atom stereocenters. The Hall–Kier alpha value is -3.49. The van der Waals surface area contributed by atoms with Crippen LogP contribution >= 0.6 is 0 Å². The van der Waals surface area contributed by atoms with Crippen molar-refractivity contribution in [1.82, 2.24) is 19.4 Å². The van der Waals surface area contributed by atoms with Gasteiger partial charge in [-0.25, -0.2) is 4.98 Å². The number of ether oxygens (including phenoxy) is 1. The lowest BCUT2D eigenvalue weighted by Gasteiger charge is -2.34. The van der Waals surface area contributed by atoms with Crippen molar-refractivity contribution in [2.75, 3.05) is 36.4 Å². The molecular formula is C26H36N6O3. The Labute approximate surface area is 206 Å². The number of nitrogens with one attached hydrogen (secondary N) is 1. The summed E-state index contributed by atoms with van der Waals surface area (Å²) in [4.78, 5) is 25.2. The lowest BCUT2D eigenvalue weighted by Crippen LogP contribution is -2.48. The molecule has 1 fully saturated rings. The standard InChI is InChI=1S/C26H36N6O3/c1-16(2)32-15-22-23(25(32)34)28-26(31-13-11-30(12-14-31)19(6)33)29-24(22)27-18(5)20-7-9-21(10-8-20)35-17(3)4/h7-10,15-18,34H,11-14H2,1-6H3,(H,27,28,29)/t18-/m1/s1. The second kappa shape index (κ2) is 10.0. The molecule has 0 radical (unpaired) electrons. The largest absolute Gasteiger partial charge is 0.493 e. The first-order valence-electron chi connectivity index (χ1n) is 12.3. The number of rotatable bonds is 7. The van der Waals surface area contributed by atoms with Gasteiger partial charge < -0.3 is 29.5 Å². The number of aromatic hydroxyl groups is 1. The molecule has 1 aliphatic heterocycles. The van der Waals surface area contributed by atoms with E-state index in [9.17, 15) is 9.90 Å². The summed E-state index contributed by atoms with van der Waals surface area (Å²) in [5.41, 5.74) is 1.62. The highest BCUT2D eigenvalue weighted by Crippen LogP contribution is 2.35. The van der Waals surface area contributed by atoms with E-state index in [2.05, 4.69) is 17.1 Å². The highest BCUT2D eigenvalue weighted by atomic mass is 16.5. The van der Waals surface area contributed by atoms with Crippen LogP contribution in [0.25, 0.3) is 10.9 Å². The van der Waals surface area contributed by atoms with Gasteiger partial charge in [0.05, 0.1) is 11.5 Å². The van der Waals surface area contributed by atoms with Gasteiger partial charge in [-0.15, -0.1) is 0 Å². The van der Waals surface area contributed by atoms with Gasteiger partial charge in [0.25, 0.3) is 0 Å². The van der Waals surface area contributed by atoms with Gasteiger partial charge in [-0.2, -0.15) is 4.98 Å². The van der Waals surface area contributed by atoms with Crippen LogP contribution in [0.4, 0.5) is 11.8 Å². The molecule has 9 nitrogen and oxygen atoms in total. The van der Waals surface area contributed by atoms with E-state index in [1.165, 1.54) is 0 Å². The molecule has 9 heteroatoms. The van der Waals surface area contributed by atoms with E-state index in [4.69, 9.17) is 14.7 Å². The maximum atomic E-state index is 11.7. The second-order valence-corrected chi connectivity index (χ2v) is 9.68. The molecule has 4 rings (SSSR count). The Morgan fingerprint density at radius 2 is 1.69 bits per heavy atom. The fourth-order valence-corrected chi connectivity index (χ4v) is 4.33. The van der Waals surface area contributed by atoms with Crippen LogP contribution in [-0.2, 0) is 4.79 Å². The lowest BCUT2D eigenvalue weighted by molar-refractivity contribution is -0.129. The van der Waals surface area contributed by atoms with Crippen LogP contribution in [0.1, 0.15) is 59.2 Å². The quantitative estimate of drug-likeness (QED) is 0.519. The fraction of sp³-hybridized carbons (Fsp3) is 0.500. The first kappa shape index (κ1) is 24.6. The number of hydrogen-bond acceptors (Lipinski definition) is 7. The summed E-state index contributed by atoms with van der Waals surface area (Å²) in [5.74, 6) is 2.27. The van der Waals surface area contributed by atoms with Crippen molar-refractivity contribution in [3.63, 3.8) is 0 Å². The molecule has 0 bridgehead atoms. The number of carbonyl (C=O) groups is 1. The minimum atomic E-state index is -0.0341. The van der Waals surface area contributed by atoms with Gasteiger partial charge in [-0.1, -0.05) is 12.1 Å². The van der Waals surface area contributed by atoms with E-state index in [1.54, 1.807) is 6.92 Å². The molecule has 188 valence electrons. The van der Waals surface area contributed by atoms with Crippen molar-refractivity contribution in [2.45, 2.75) is 59.7 Å². The summed E-state index contributed by atoms with van der Waals surface area (Å²) in [6.45, 7) is 14.3. The van der Waals surface area contributed by atoms with Crippen LogP contribution in [0.5, 0.6) is 11.6 Å². The minimum absolute atomic E-state index is 0.0341. The number of aromatic nitrogens is 3. The summed E-state index contributed by atoms with van der Waals surface area (Å²) < 4.78 is 7.58. The molecule has 35 heavy (non-hydrogen) atoms. The zero-order valence-corrected chi connectivity index (χ0v) is 21.4. The predicted molar refractivity (Wildman–Crippen MR) is 138 cm³/mol. The summed E-state index contributed by atoms with van der Waals surface area (Å²) in [5, 5.41) is 15.2. The Kier molecular flexibility index (Phi) is 7.05. The van der Waals surface area contributed by atoms with E-state index in [0.29, 0.717) is 43.5 Å². The van der Waals surface area contributed by atoms with Gasteiger partial charge in [-0.05, 0) is 52.3 Å². The van der Waals surface area contributed by atoms with E-state index < -0.39 is 0 Å². The van der Waals surface area contributed by atoms with Crippen LogP contribution in [-0.4, -0.2) is 62.7 Å². The molecule has 0 spiro atoms. The predicted octanol–water partition coefficient (Wildman–Crippen LogP) is 4.35. The smallest absolute Gasteiger partial charge is 0.228 e. The Morgan fingerprint density at radius 3 is 2.26 bits per heavy atom. The molecule has 3 aromatic rings. The van der Waals surface area contributed by atoms with Crippen molar-refractivity contribution in [3.8, 4) is 11.6 Å². The number of piperazine rings is 1. The van der Waals surface area contributed by atoms with Crippen molar-refractivity contribution in [1.29, 1.82) is 0 Å². The molecule has 1 amide bonds. The monoisotopic (exact) mass is 480 g/mol. The molecule has 0 saturated carbocycles. The molecule has 0 aliphatic carbocycles. The van der Waals surface area contributed by atoms with Crippen LogP contribution < -0.4 is 15.0 Å². The van der Waals surface area contributed by atoms with Crippen LogP contribution in [0, 0.1) is 0 Å². The molecule has 1 atom stereocenters. The van der Waals surface area contributed by atoms with Gasteiger partial charge in [-0.3, -0.25) is 4.79 Å². The first-order chi connectivity index (χ1) is 16.6. The third-order valence-electron chi connectivity index (χ3n) is 6.33. The SMILES string of the molecule is CC(=O)N1CCN(c2nc(N[C@H](C)c3ccc(OC(C)C)cc3)c3cn(C(C)C)c(O)c3n2)CC1. The number of hydrogen-bond donors (Lipinski definition) is 2. The van der Waals surface area contributed by atoms with Crippen LogP contribution in [0.15, 0.2) is 30.5 Å². The van der Waals surface area contributed by atoms with Crippen molar-refractivity contribution in [2.24, 2.45) is 0 Å². The molecule has 1 aromatic carbocycles. The van der Waals surface area contributed by atoms with Crippen LogP contribution in [0.3, 0.4) is 0 Å². The molecule has 2 N–H and O–H groups in total. The molecule has 1 saturated heterocycles. The van der Waals surface area contributed by atoms with Crippen LogP contribution in [0.2, 0.25) is 0 Å². The number of nitrogens with zero attached hydrogens (tertiary/aromatic N) is 5. The number of benzene rings is 1. The molecule has 2 aromatic heterocycles. The van der Waals surface area contributed by atoms with Gasteiger partial charge in [0.15, 0.2) is 0 Å². The highest BCUT2D eigenvalue weighted by molar-refractivity contribution is 5.94. The molecular weight excluding hydrogens is 444 g/mol. The second-order valence-electron chi connectivity index (χ2n) is 9.68. The number of amides is 1. The lowest BCUT2D eigenvalue weighted by atomic mass is 10.1. The summed E-state index contributed by atoms with van der Waals surface area (Å²) in [7, 11) is 0. The zero-order chi connectivity index (χ0) is 25.3. The average molecular weight is 481 g/mol. The van der Waals surface area contributed by atoms with Gasteiger partial charge in [0.2, 0.25) is 17.7 Å². The third-order valence-corrected chi connectivity index (χ3v) is 6.33. The normalized spacial score (nSPS) is 15.2. The van der Waals surface area contributed by atoms with Gasteiger partial charge >= 0.3 is 0 Å². The van der Waals surface area contributed by atoms with E-state index >= 15 is 0 Å². The van der Waals surface area contributed by atoms with Crippen molar-refractivity contribution >= 4 is 28.6 Å². The number of anilines is 2. The topological polar surface area (TPSA) is 95.8 Å². The van der Waals surface area contributed by atoms with Crippen molar-refractivity contribution < 1.29 is 14.6 Å². The average Bonchev–Trinajstić information content (AvgIpc) is 3.16. The Morgan fingerprint density at radius 1 is 1.03 bits per heavy atom. The molecule has 3 heterocycles. The maximum Gasteiger partial charge on any atom is 0.228 e. The van der Waals surface area contributed by atoms with E-state index in [1.807, 2.05) is 67.6 Å². The number of fused-ring (bicyclic) bond motifs is 1. The first-order valence-corrected chi connectivity index (χ1v) is 12.3. The van der Waals surface area contributed by atoms with E-state index in [-0.39, 0.29) is 30.0 Å². The minimum Gasteiger partial charge on any atom is -0.493 e. The highest BCUT2D eigenvalue weighted by Gasteiger charge is 2.24. The molecule has 1 aliphatic rings. The fourth-order valence-electron chi connectivity index (χ4n) is 4.33. The summed E-state index contributed by atoms with van der Waals surface area (Å²) in [6, 6.07) is 8.09. The Balaban J connectivity index is 1.66. The van der Waals surface area contributed by atoms with Gasteiger partial charge in [0.1, 0.15) is 17.1 Å². The number of carbonyl (C=O) groups excluding carboxylic acids is 1. The van der Waals surface area contributed by atoms with Crippen molar-refractivity contribution in [3.05, 3.63) is 36.0 Å².